The second kappa shape index (κ2) is 10.2. The molecule has 166 valence electrons. The maximum atomic E-state index is 13.0. The number of amides is 1. The molecule has 9 heteroatoms. The van der Waals surface area contributed by atoms with Crippen LogP contribution in [0.1, 0.15) is 16.7 Å². The Morgan fingerprint density at radius 3 is 2.48 bits per heavy atom. The summed E-state index contributed by atoms with van der Waals surface area (Å²) >= 11 is 12.5. The lowest BCUT2D eigenvalue weighted by atomic mass is 10.1. The Hall–Kier alpha value is -3.20. The molecule has 1 heterocycles. The van der Waals surface area contributed by atoms with Gasteiger partial charge in [0.2, 0.25) is 0 Å². The van der Waals surface area contributed by atoms with Crippen molar-refractivity contribution < 1.29 is 14.5 Å². The minimum atomic E-state index is -0.485. The van der Waals surface area contributed by atoms with E-state index in [0.29, 0.717) is 32.1 Å². The maximum absolute atomic E-state index is 13.0. The van der Waals surface area contributed by atoms with Gasteiger partial charge in [-0.15, -0.1) is 0 Å². The molecule has 6 nitrogen and oxygen atoms in total. The number of benzene rings is 3. The first-order valence-corrected chi connectivity index (χ1v) is 11.5. The van der Waals surface area contributed by atoms with E-state index in [1.165, 1.54) is 23.1 Å². The first kappa shape index (κ1) is 23.0. The second-order valence-corrected chi connectivity index (χ2v) is 9.26. The third-order valence-electron chi connectivity index (χ3n) is 4.86. The standard InChI is InChI=1S/C24H17ClN2O4S2/c25-19-8-6-17(7-9-19)15-31-21-11-10-20(27(29)30)12-18(21)13-22-23(28)26(24(32)33-22)14-16-4-2-1-3-5-16/h1-13H,14-15H2/b22-13-. The SMILES string of the molecule is O=C1/C(=C/c2cc([N+](=O)[O-])ccc2OCc2ccc(Cl)cc2)SC(=S)N1Cc1ccccc1. The van der Waals surface area contributed by atoms with Crippen molar-refractivity contribution in [2.45, 2.75) is 13.2 Å². The summed E-state index contributed by atoms with van der Waals surface area (Å²) in [4.78, 5) is 25.8. The number of carbonyl (C=O) groups is 1. The van der Waals surface area contributed by atoms with Crippen molar-refractivity contribution in [3.05, 3.63) is 110 Å². The third kappa shape index (κ3) is 5.60. The predicted molar refractivity (Wildman–Crippen MR) is 134 cm³/mol. The van der Waals surface area contributed by atoms with Gasteiger partial charge in [0.1, 0.15) is 16.7 Å². The van der Waals surface area contributed by atoms with Crippen molar-refractivity contribution in [2.24, 2.45) is 0 Å². The number of thioether (sulfide) groups is 1. The first-order chi connectivity index (χ1) is 15.9. The number of hydrogen-bond donors (Lipinski definition) is 0. The molecule has 0 unspecified atom stereocenters. The molecule has 0 aliphatic carbocycles. The first-order valence-electron chi connectivity index (χ1n) is 9.86. The number of ether oxygens (including phenoxy) is 1. The fourth-order valence-corrected chi connectivity index (χ4v) is 4.55. The average molecular weight is 497 g/mol. The fourth-order valence-electron chi connectivity index (χ4n) is 3.18. The van der Waals surface area contributed by atoms with E-state index in [-0.39, 0.29) is 18.2 Å². The summed E-state index contributed by atoms with van der Waals surface area (Å²) in [5.74, 6) is 0.174. The van der Waals surface area contributed by atoms with E-state index in [4.69, 9.17) is 28.6 Å². The van der Waals surface area contributed by atoms with Crippen LogP contribution < -0.4 is 4.74 Å². The van der Waals surface area contributed by atoms with Crippen LogP contribution in [0.5, 0.6) is 5.75 Å². The largest absolute Gasteiger partial charge is 0.488 e. The van der Waals surface area contributed by atoms with Gasteiger partial charge in [-0.3, -0.25) is 19.8 Å². The van der Waals surface area contributed by atoms with Crippen molar-refractivity contribution in [3.63, 3.8) is 0 Å². The van der Waals surface area contributed by atoms with Gasteiger partial charge in [0.05, 0.1) is 16.4 Å². The minimum Gasteiger partial charge on any atom is -0.488 e. The molecular formula is C24H17ClN2O4S2. The Kier molecular flexibility index (Phi) is 7.08. The van der Waals surface area contributed by atoms with Crippen LogP contribution >= 0.6 is 35.6 Å². The monoisotopic (exact) mass is 496 g/mol. The van der Waals surface area contributed by atoms with Gasteiger partial charge in [-0.2, -0.15) is 0 Å². The van der Waals surface area contributed by atoms with Gasteiger partial charge in [-0.05, 0) is 35.4 Å². The van der Waals surface area contributed by atoms with E-state index in [9.17, 15) is 14.9 Å². The number of halogens is 1. The van der Waals surface area contributed by atoms with Crippen LogP contribution in [0.3, 0.4) is 0 Å². The molecular weight excluding hydrogens is 480 g/mol. The normalized spacial score (nSPS) is 14.7. The summed E-state index contributed by atoms with van der Waals surface area (Å²) in [7, 11) is 0. The Morgan fingerprint density at radius 1 is 1.06 bits per heavy atom. The minimum absolute atomic E-state index is 0.0974. The summed E-state index contributed by atoms with van der Waals surface area (Å²) in [5.41, 5.74) is 2.17. The number of non-ortho nitro benzene ring substituents is 1. The molecule has 1 aliphatic rings. The van der Waals surface area contributed by atoms with Crippen molar-refractivity contribution in [2.75, 3.05) is 0 Å². The van der Waals surface area contributed by atoms with E-state index in [2.05, 4.69) is 0 Å². The van der Waals surface area contributed by atoms with Gasteiger partial charge in [0.15, 0.2) is 0 Å². The van der Waals surface area contributed by atoms with Gasteiger partial charge in [-0.25, -0.2) is 0 Å². The molecule has 33 heavy (non-hydrogen) atoms. The zero-order valence-corrected chi connectivity index (χ0v) is 19.5. The second-order valence-electron chi connectivity index (χ2n) is 7.15. The molecule has 1 saturated heterocycles. The predicted octanol–water partition coefficient (Wildman–Crippen LogP) is 6.23. The van der Waals surface area contributed by atoms with E-state index in [1.807, 2.05) is 42.5 Å². The summed E-state index contributed by atoms with van der Waals surface area (Å²) < 4.78 is 6.35. The Morgan fingerprint density at radius 2 is 1.79 bits per heavy atom. The molecule has 3 aromatic rings. The molecule has 0 N–H and O–H groups in total. The lowest BCUT2D eigenvalue weighted by Crippen LogP contribution is -2.27. The molecule has 0 aromatic heterocycles. The molecule has 3 aromatic carbocycles. The molecule has 0 atom stereocenters. The molecule has 0 spiro atoms. The van der Waals surface area contributed by atoms with Crippen molar-refractivity contribution >= 4 is 57.6 Å². The molecule has 1 amide bonds. The van der Waals surface area contributed by atoms with Gasteiger partial charge < -0.3 is 4.74 Å². The summed E-state index contributed by atoms with van der Waals surface area (Å²) in [6, 6.07) is 21.0. The van der Waals surface area contributed by atoms with Crippen LogP contribution in [0.15, 0.2) is 77.7 Å². The lowest BCUT2D eigenvalue weighted by Gasteiger charge is -2.14. The number of nitro groups is 1. The number of carbonyl (C=O) groups excluding carboxylic acids is 1. The van der Waals surface area contributed by atoms with Crippen LogP contribution in [-0.4, -0.2) is 20.1 Å². The fraction of sp³-hybridized carbons (Fsp3) is 0.0833. The highest BCUT2D eigenvalue weighted by atomic mass is 35.5. The molecule has 1 aliphatic heterocycles. The number of thiocarbonyl (C=S) groups is 1. The van der Waals surface area contributed by atoms with E-state index in [0.717, 1.165) is 22.9 Å². The van der Waals surface area contributed by atoms with Crippen LogP contribution in [0.25, 0.3) is 6.08 Å². The van der Waals surface area contributed by atoms with Gasteiger partial charge in [0, 0.05) is 22.7 Å². The third-order valence-corrected chi connectivity index (χ3v) is 6.49. The highest BCUT2D eigenvalue weighted by molar-refractivity contribution is 8.26. The number of rotatable bonds is 7. The smallest absolute Gasteiger partial charge is 0.270 e. The Balaban J connectivity index is 1.60. The lowest BCUT2D eigenvalue weighted by molar-refractivity contribution is -0.384. The Labute approximate surface area is 205 Å². The molecule has 1 fully saturated rings. The molecule has 0 radical (unpaired) electrons. The van der Waals surface area contributed by atoms with Gasteiger partial charge in [0.25, 0.3) is 11.6 Å². The number of hydrogen-bond acceptors (Lipinski definition) is 6. The zero-order chi connectivity index (χ0) is 23.4. The van der Waals surface area contributed by atoms with Crippen molar-refractivity contribution in [1.82, 2.24) is 4.90 Å². The van der Waals surface area contributed by atoms with Crippen molar-refractivity contribution in [1.29, 1.82) is 0 Å². The van der Waals surface area contributed by atoms with Gasteiger partial charge in [-0.1, -0.05) is 78.0 Å². The van der Waals surface area contributed by atoms with E-state index < -0.39 is 4.92 Å². The highest BCUT2D eigenvalue weighted by Gasteiger charge is 2.32. The average Bonchev–Trinajstić information content (AvgIpc) is 3.07. The zero-order valence-electron chi connectivity index (χ0n) is 17.1. The number of nitrogens with zero attached hydrogens (tertiary/aromatic N) is 2. The van der Waals surface area contributed by atoms with Crippen molar-refractivity contribution in [3.8, 4) is 5.75 Å². The maximum Gasteiger partial charge on any atom is 0.270 e. The van der Waals surface area contributed by atoms with Crippen LogP contribution in [0.4, 0.5) is 5.69 Å². The van der Waals surface area contributed by atoms with Crippen LogP contribution in [0, 0.1) is 10.1 Å². The Bertz CT molecular complexity index is 1250. The highest BCUT2D eigenvalue weighted by Crippen LogP contribution is 2.36. The number of nitro benzene ring substituents is 1. The quantitative estimate of drug-likeness (QED) is 0.167. The van der Waals surface area contributed by atoms with Crippen LogP contribution in [0.2, 0.25) is 5.02 Å². The molecule has 0 bridgehead atoms. The topological polar surface area (TPSA) is 72.7 Å². The van der Waals surface area contributed by atoms with Crippen LogP contribution in [-0.2, 0) is 17.9 Å². The van der Waals surface area contributed by atoms with E-state index in [1.54, 1.807) is 18.2 Å². The van der Waals surface area contributed by atoms with E-state index >= 15 is 0 Å². The summed E-state index contributed by atoms with van der Waals surface area (Å²) in [5, 5.41) is 11.9. The molecule has 0 saturated carbocycles. The van der Waals surface area contributed by atoms with Gasteiger partial charge >= 0.3 is 0 Å². The molecule has 4 rings (SSSR count). The summed E-state index contributed by atoms with van der Waals surface area (Å²) in [6.07, 6.45) is 1.59. The summed E-state index contributed by atoms with van der Waals surface area (Å²) in [6.45, 7) is 0.600.